The molecule has 0 atom stereocenters. The molecule has 9 heteroatoms. The highest BCUT2D eigenvalue weighted by Crippen LogP contribution is 2.34. The fourth-order valence-corrected chi connectivity index (χ4v) is 4.74. The molecular formula is C26H29N9. The zero-order valence-corrected chi connectivity index (χ0v) is 20.2. The SMILES string of the molecule is CC(C)Nc1cncc(-c2cc3c(-c4cc5c(N6CCN(C)CC6)cncc5[nH]4)n[nH]c3cn2)c1. The van der Waals surface area contributed by atoms with Crippen LogP contribution in [0.25, 0.3) is 44.5 Å². The van der Waals surface area contributed by atoms with Crippen LogP contribution in [0.2, 0.25) is 0 Å². The lowest BCUT2D eigenvalue weighted by Crippen LogP contribution is -2.44. The van der Waals surface area contributed by atoms with E-state index in [0.29, 0.717) is 6.04 Å². The van der Waals surface area contributed by atoms with Gasteiger partial charge in [0.25, 0.3) is 0 Å². The zero-order chi connectivity index (χ0) is 23.9. The van der Waals surface area contributed by atoms with Crippen molar-refractivity contribution in [2.24, 2.45) is 0 Å². The lowest BCUT2D eigenvalue weighted by molar-refractivity contribution is 0.313. The first kappa shape index (κ1) is 21.5. The first-order valence-electron chi connectivity index (χ1n) is 12.0. The number of aromatic amines is 2. The Morgan fingerprint density at radius 1 is 0.886 bits per heavy atom. The maximum atomic E-state index is 4.66. The molecule has 0 radical (unpaired) electrons. The van der Waals surface area contributed by atoms with Gasteiger partial charge in [-0.3, -0.25) is 20.1 Å². The summed E-state index contributed by atoms with van der Waals surface area (Å²) in [6.07, 6.45) is 9.38. The summed E-state index contributed by atoms with van der Waals surface area (Å²) in [4.78, 5) is 21.9. The average molecular weight is 468 g/mol. The van der Waals surface area contributed by atoms with Crippen molar-refractivity contribution < 1.29 is 0 Å². The van der Waals surface area contributed by atoms with Gasteiger partial charge in [0.1, 0.15) is 5.69 Å². The van der Waals surface area contributed by atoms with Crippen molar-refractivity contribution in [3.63, 3.8) is 0 Å². The number of hydrogen-bond donors (Lipinski definition) is 3. The summed E-state index contributed by atoms with van der Waals surface area (Å²) in [5.41, 5.74) is 7.70. The fourth-order valence-electron chi connectivity index (χ4n) is 4.74. The Bertz CT molecular complexity index is 1490. The second-order valence-electron chi connectivity index (χ2n) is 9.54. The predicted octanol–water partition coefficient (Wildman–Crippen LogP) is 4.14. The maximum Gasteiger partial charge on any atom is 0.116 e. The van der Waals surface area contributed by atoms with Crippen LogP contribution < -0.4 is 10.2 Å². The third kappa shape index (κ3) is 4.08. The lowest BCUT2D eigenvalue weighted by Gasteiger charge is -2.34. The molecule has 0 spiro atoms. The Labute approximate surface area is 203 Å². The van der Waals surface area contributed by atoms with Crippen LogP contribution in [-0.4, -0.2) is 74.3 Å². The molecule has 1 aliphatic heterocycles. The lowest BCUT2D eigenvalue weighted by atomic mass is 10.1. The van der Waals surface area contributed by atoms with Gasteiger partial charge in [-0.15, -0.1) is 0 Å². The van der Waals surface area contributed by atoms with E-state index in [4.69, 9.17) is 0 Å². The molecule has 0 bridgehead atoms. The molecule has 178 valence electrons. The van der Waals surface area contributed by atoms with E-state index >= 15 is 0 Å². The number of piperazine rings is 1. The molecule has 3 N–H and O–H groups in total. The van der Waals surface area contributed by atoms with Gasteiger partial charge < -0.3 is 20.1 Å². The summed E-state index contributed by atoms with van der Waals surface area (Å²) in [5, 5.41) is 13.4. The minimum Gasteiger partial charge on any atom is -0.382 e. The molecular weight excluding hydrogens is 438 g/mol. The second-order valence-corrected chi connectivity index (χ2v) is 9.54. The number of likely N-dealkylation sites (N-methyl/N-ethyl adjacent to an activating group) is 1. The van der Waals surface area contributed by atoms with Gasteiger partial charge >= 0.3 is 0 Å². The Morgan fingerprint density at radius 2 is 1.71 bits per heavy atom. The van der Waals surface area contributed by atoms with Crippen LogP contribution >= 0.6 is 0 Å². The molecule has 1 saturated heterocycles. The van der Waals surface area contributed by atoms with Crippen molar-refractivity contribution in [1.82, 2.24) is 35.0 Å². The van der Waals surface area contributed by atoms with Crippen LogP contribution in [0.1, 0.15) is 13.8 Å². The van der Waals surface area contributed by atoms with Crippen LogP contribution in [0.15, 0.2) is 49.2 Å². The van der Waals surface area contributed by atoms with E-state index in [9.17, 15) is 0 Å². The summed E-state index contributed by atoms with van der Waals surface area (Å²) in [5.74, 6) is 0. The topological polar surface area (TPSA) is 102 Å². The van der Waals surface area contributed by atoms with Crippen molar-refractivity contribution in [2.75, 3.05) is 43.4 Å². The molecule has 1 fully saturated rings. The van der Waals surface area contributed by atoms with E-state index in [-0.39, 0.29) is 0 Å². The van der Waals surface area contributed by atoms with E-state index in [1.807, 2.05) is 31.0 Å². The number of H-pyrrole nitrogens is 2. The number of anilines is 2. The Hall–Kier alpha value is -3.98. The molecule has 6 rings (SSSR count). The molecule has 0 saturated carbocycles. The fraction of sp³-hybridized carbons (Fsp3) is 0.308. The predicted molar refractivity (Wildman–Crippen MR) is 141 cm³/mol. The summed E-state index contributed by atoms with van der Waals surface area (Å²) in [7, 11) is 2.17. The number of aromatic nitrogens is 6. The maximum absolute atomic E-state index is 4.66. The Balaban J connectivity index is 1.39. The van der Waals surface area contributed by atoms with E-state index in [1.165, 1.54) is 11.1 Å². The highest BCUT2D eigenvalue weighted by Gasteiger charge is 2.19. The largest absolute Gasteiger partial charge is 0.382 e. The van der Waals surface area contributed by atoms with Gasteiger partial charge in [-0.1, -0.05) is 0 Å². The molecule has 6 heterocycles. The number of fused-ring (bicyclic) bond motifs is 2. The van der Waals surface area contributed by atoms with Crippen molar-refractivity contribution in [3.8, 4) is 22.6 Å². The molecule has 5 aromatic rings. The van der Waals surface area contributed by atoms with Crippen molar-refractivity contribution >= 4 is 33.2 Å². The van der Waals surface area contributed by atoms with E-state index < -0.39 is 0 Å². The smallest absolute Gasteiger partial charge is 0.116 e. The van der Waals surface area contributed by atoms with Gasteiger partial charge in [0, 0.05) is 61.0 Å². The highest BCUT2D eigenvalue weighted by molar-refractivity contribution is 6.00. The standard InChI is InChI=1S/C26H29N9/c1-16(2)30-18-8-17(11-27-12-18)21-10-20-24(14-29-21)32-33-26(20)22-9-19-23(31-22)13-28-15-25(19)35-6-4-34(3)5-7-35/h8-16,30-31H,4-7H2,1-3H3,(H,32,33). The number of nitrogens with zero attached hydrogens (tertiary/aromatic N) is 6. The molecule has 1 aliphatic rings. The average Bonchev–Trinajstić information content (AvgIpc) is 3.48. The summed E-state index contributed by atoms with van der Waals surface area (Å²) in [6.45, 7) is 8.32. The van der Waals surface area contributed by atoms with Gasteiger partial charge in [-0.2, -0.15) is 5.10 Å². The van der Waals surface area contributed by atoms with Crippen LogP contribution in [0.4, 0.5) is 11.4 Å². The molecule has 0 unspecified atom stereocenters. The number of pyridine rings is 3. The van der Waals surface area contributed by atoms with E-state index in [0.717, 1.165) is 70.9 Å². The minimum atomic E-state index is 0.329. The molecule has 0 aromatic carbocycles. The van der Waals surface area contributed by atoms with Crippen molar-refractivity contribution in [2.45, 2.75) is 19.9 Å². The van der Waals surface area contributed by atoms with Crippen LogP contribution in [-0.2, 0) is 0 Å². The summed E-state index contributed by atoms with van der Waals surface area (Å²) < 4.78 is 0. The highest BCUT2D eigenvalue weighted by atomic mass is 15.3. The normalized spacial score (nSPS) is 14.9. The summed E-state index contributed by atoms with van der Waals surface area (Å²) >= 11 is 0. The molecule has 5 aromatic heterocycles. The third-order valence-corrected chi connectivity index (χ3v) is 6.56. The quantitative estimate of drug-likeness (QED) is 0.357. The van der Waals surface area contributed by atoms with Crippen LogP contribution in [0.5, 0.6) is 0 Å². The van der Waals surface area contributed by atoms with Crippen LogP contribution in [0.3, 0.4) is 0 Å². The Kier molecular flexibility index (Phi) is 5.33. The molecule has 9 nitrogen and oxygen atoms in total. The molecule has 35 heavy (non-hydrogen) atoms. The van der Waals surface area contributed by atoms with E-state index in [1.54, 1.807) is 0 Å². The molecule has 0 aliphatic carbocycles. The van der Waals surface area contributed by atoms with Crippen molar-refractivity contribution in [1.29, 1.82) is 0 Å². The van der Waals surface area contributed by atoms with Crippen molar-refractivity contribution in [3.05, 3.63) is 49.2 Å². The summed E-state index contributed by atoms with van der Waals surface area (Å²) in [6, 6.07) is 6.68. The second kappa shape index (κ2) is 8.66. The third-order valence-electron chi connectivity index (χ3n) is 6.56. The minimum absolute atomic E-state index is 0.329. The van der Waals surface area contributed by atoms with Gasteiger partial charge in [0.2, 0.25) is 0 Å². The van der Waals surface area contributed by atoms with E-state index in [2.05, 4.69) is 84.3 Å². The first-order valence-corrected chi connectivity index (χ1v) is 12.0. The molecule has 0 amide bonds. The van der Waals surface area contributed by atoms with Gasteiger partial charge in [0.05, 0.1) is 52.4 Å². The number of nitrogens with one attached hydrogen (secondary N) is 3. The number of hydrogen-bond acceptors (Lipinski definition) is 7. The van der Waals surface area contributed by atoms with Gasteiger partial charge in [0.15, 0.2) is 0 Å². The monoisotopic (exact) mass is 467 g/mol. The number of rotatable bonds is 5. The zero-order valence-electron chi connectivity index (χ0n) is 20.2. The Morgan fingerprint density at radius 3 is 2.54 bits per heavy atom. The van der Waals surface area contributed by atoms with Gasteiger partial charge in [-0.25, -0.2) is 0 Å². The van der Waals surface area contributed by atoms with Gasteiger partial charge in [-0.05, 0) is 39.1 Å². The van der Waals surface area contributed by atoms with Crippen LogP contribution in [0, 0.1) is 0 Å². The first-order chi connectivity index (χ1) is 17.0.